The molecular formula is C15H25ClN2O2. The number of carbonyl (C=O) groups is 1. The largest absolute Gasteiger partial charge is 0.497 e. The molecule has 0 aliphatic carbocycles. The SMILES string of the molecule is COc1cccc(C(=O)C(CN(C)C)CN(C)C)c1.Cl. The molecule has 5 heteroatoms. The Morgan fingerprint density at radius 2 is 1.70 bits per heavy atom. The normalized spacial score (nSPS) is 10.8. The summed E-state index contributed by atoms with van der Waals surface area (Å²) in [5, 5.41) is 0. The molecule has 0 saturated heterocycles. The summed E-state index contributed by atoms with van der Waals surface area (Å²) in [5.41, 5.74) is 0.716. The number of methoxy groups -OCH3 is 1. The van der Waals surface area contributed by atoms with E-state index in [0.29, 0.717) is 5.56 Å². The Balaban J connectivity index is 0.00000361. The molecule has 0 spiro atoms. The highest BCUT2D eigenvalue weighted by Gasteiger charge is 2.21. The number of benzene rings is 1. The molecule has 0 heterocycles. The molecule has 0 saturated carbocycles. The van der Waals surface area contributed by atoms with Crippen molar-refractivity contribution in [3.05, 3.63) is 29.8 Å². The van der Waals surface area contributed by atoms with Crippen LogP contribution in [0.2, 0.25) is 0 Å². The molecule has 0 bridgehead atoms. The molecule has 0 fully saturated rings. The number of hydrogen-bond donors (Lipinski definition) is 0. The molecule has 1 rings (SSSR count). The first-order chi connectivity index (χ1) is 8.93. The maximum absolute atomic E-state index is 12.6. The Hall–Kier alpha value is -1.10. The second-order valence-electron chi connectivity index (χ2n) is 5.32. The van der Waals surface area contributed by atoms with Crippen molar-refractivity contribution in [2.45, 2.75) is 0 Å². The highest BCUT2D eigenvalue weighted by Crippen LogP contribution is 2.17. The minimum Gasteiger partial charge on any atom is -0.497 e. The molecule has 0 amide bonds. The third kappa shape index (κ3) is 5.90. The average Bonchev–Trinajstić information content (AvgIpc) is 2.36. The monoisotopic (exact) mass is 300 g/mol. The quantitative estimate of drug-likeness (QED) is 0.722. The Kier molecular flexibility index (Phi) is 8.46. The van der Waals surface area contributed by atoms with Gasteiger partial charge >= 0.3 is 0 Å². The van der Waals surface area contributed by atoms with Crippen LogP contribution in [-0.2, 0) is 0 Å². The number of halogens is 1. The lowest BCUT2D eigenvalue weighted by Gasteiger charge is -2.23. The van der Waals surface area contributed by atoms with Crippen LogP contribution >= 0.6 is 12.4 Å². The molecule has 20 heavy (non-hydrogen) atoms. The van der Waals surface area contributed by atoms with Crippen molar-refractivity contribution in [1.29, 1.82) is 0 Å². The minimum absolute atomic E-state index is 0. The van der Waals surface area contributed by atoms with Crippen LogP contribution < -0.4 is 4.74 Å². The predicted molar refractivity (Wildman–Crippen MR) is 85.2 cm³/mol. The van der Waals surface area contributed by atoms with Crippen LogP contribution in [0.1, 0.15) is 10.4 Å². The predicted octanol–water partition coefficient (Wildman–Crippen LogP) is 2.04. The number of rotatable bonds is 7. The summed E-state index contributed by atoms with van der Waals surface area (Å²) in [5.74, 6) is 0.859. The lowest BCUT2D eigenvalue weighted by molar-refractivity contribution is 0.0870. The second kappa shape index (κ2) is 8.95. The van der Waals surface area contributed by atoms with Gasteiger partial charge in [-0.2, -0.15) is 0 Å². The van der Waals surface area contributed by atoms with Crippen molar-refractivity contribution in [3.8, 4) is 5.75 Å². The van der Waals surface area contributed by atoms with Gasteiger partial charge in [0.2, 0.25) is 0 Å². The van der Waals surface area contributed by atoms with Crippen molar-refractivity contribution >= 4 is 18.2 Å². The summed E-state index contributed by atoms with van der Waals surface area (Å²) in [6.45, 7) is 1.49. The van der Waals surface area contributed by atoms with Crippen LogP contribution in [0.15, 0.2) is 24.3 Å². The van der Waals surface area contributed by atoms with Crippen LogP contribution in [0.3, 0.4) is 0 Å². The molecule has 1 aromatic carbocycles. The molecule has 0 aliphatic heterocycles. The Labute approximate surface area is 128 Å². The van der Waals surface area contributed by atoms with E-state index < -0.39 is 0 Å². The molecule has 0 radical (unpaired) electrons. The van der Waals surface area contributed by atoms with E-state index in [9.17, 15) is 4.79 Å². The van der Waals surface area contributed by atoms with E-state index >= 15 is 0 Å². The molecule has 114 valence electrons. The average molecular weight is 301 g/mol. The van der Waals surface area contributed by atoms with E-state index in [2.05, 4.69) is 0 Å². The highest BCUT2D eigenvalue weighted by atomic mass is 35.5. The fraction of sp³-hybridized carbons (Fsp3) is 0.533. The zero-order valence-electron chi connectivity index (χ0n) is 12.9. The van der Waals surface area contributed by atoms with Gasteiger partial charge in [0.25, 0.3) is 0 Å². The summed E-state index contributed by atoms with van der Waals surface area (Å²) in [6.07, 6.45) is 0. The summed E-state index contributed by atoms with van der Waals surface area (Å²) in [6, 6.07) is 7.36. The Bertz CT molecular complexity index is 412. The van der Waals surface area contributed by atoms with Crippen LogP contribution in [0.4, 0.5) is 0 Å². The fourth-order valence-corrected chi connectivity index (χ4v) is 2.12. The first-order valence-electron chi connectivity index (χ1n) is 6.41. The number of ketones is 1. The zero-order chi connectivity index (χ0) is 14.4. The third-order valence-electron chi connectivity index (χ3n) is 2.90. The zero-order valence-corrected chi connectivity index (χ0v) is 13.7. The molecule has 0 aromatic heterocycles. The molecule has 0 unspecified atom stereocenters. The lowest BCUT2D eigenvalue weighted by atomic mass is 9.96. The van der Waals surface area contributed by atoms with Crippen LogP contribution in [0.5, 0.6) is 5.75 Å². The lowest BCUT2D eigenvalue weighted by Crippen LogP contribution is -2.35. The highest BCUT2D eigenvalue weighted by molar-refractivity contribution is 5.98. The standard InChI is InChI=1S/C15H24N2O2.ClH/c1-16(2)10-13(11-17(3)4)15(18)12-7-6-8-14(9-12)19-5;/h6-9,13H,10-11H2,1-5H3;1H. The van der Waals surface area contributed by atoms with Gasteiger partial charge in [0.05, 0.1) is 7.11 Å². The van der Waals surface area contributed by atoms with E-state index in [1.807, 2.05) is 56.2 Å². The van der Waals surface area contributed by atoms with Gasteiger partial charge in [-0.3, -0.25) is 4.79 Å². The maximum atomic E-state index is 12.6. The van der Waals surface area contributed by atoms with Crippen molar-refractivity contribution in [3.63, 3.8) is 0 Å². The third-order valence-corrected chi connectivity index (χ3v) is 2.90. The minimum atomic E-state index is -0.0305. The summed E-state index contributed by atoms with van der Waals surface area (Å²) >= 11 is 0. The van der Waals surface area contributed by atoms with Crippen molar-refractivity contribution < 1.29 is 9.53 Å². The van der Waals surface area contributed by atoms with E-state index in [4.69, 9.17) is 4.74 Å². The van der Waals surface area contributed by atoms with Gasteiger partial charge in [0.1, 0.15) is 5.75 Å². The first kappa shape index (κ1) is 18.9. The molecule has 0 N–H and O–H groups in total. The summed E-state index contributed by atoms with van der Waals surface area (Å²) in [7, 11) is 9.56. The molecular weight excluding hydrogens is 276 g/mol. The van der Waals surface area contributed by atoms with Gasteiger partial charge in [0, 0.05) is 24.6 Å². The summed E-state index contributed by atoms with van der Waals surface area (Å²) < 4.78 is 5.17. The molecule has 1 aromatic rings. The van der Waals surface area contributed by atoms with Gasteiger partial charge in [-0.15, -0.1) is 12.4 Å². The van der Waals surface area contributed by atoms with E-state index in [1.54, 1.807) is 13.2 Å². The van der Waals surface area contributed by atoms with Crippen molar-refractivity contribution in [1.82, 2.24) is 9.80 Å². The number of nitrogens with zero attached hydrogens (tertiary/aromatic N) is 2. The van der Waals surface area contributed by atoms with Crippen LogP contribution in [0.25, 0.3) is 0 Å². The smallest absolute Gasteiger partial charge is 0.168 e. The van der Waals surface area contributed by atoms with E-state index in [1.165, 1.54) is 0 Å². The Morgan fingerprint density at radius 1 is 1.15 bits per heavy atom. The van der Waals surface area contributed by atoms with Gasteiger partial charge in [0.15, 0.2) is 5.78 Å². The number of hydrogen-bond acceptors (Lipinski definition) is 4. The second-order valence-corrected chi connectivity index (χ2v) is 5.32. The van der Waals surface area contributed by atoms with Gasteiger partial charge < -0.3 is 14.5 Å². The van der Waals surface area contributed by atoms with E-state index in [-0.39, 0.29) is 24.1 Å². The summed E-state index contributed by atoms with van der Waals surface area (Å²) in [4.78, 5) is 16.7. The van der Waals surface area contributed by atoms with Gasteiger partial charge in [-0.25, -0.2) is 0 Å². The number of carbonyl (C=O) groups excluding carboxylic acids is 1. The van der Waals surface area contributed by atoms with Crippen molar-refractivity contribution in [2.75, 3.05) is 48.4 Å². The number of ether oxygens (including phenoxy) is 1. The maximum Gasteiger partial charge on any atom is 0.168 e. The topological polar surface area (TPSA) is 32.8 Å². The van der Waals surface area contributed by atoms with Crippen molar-refractivity contribution in [2.24, 2.45) is 5.92 Å². The number of Topliss-reactive ketones (excluding diaryl/α,β-unsaturated/α-hetero) is 1. The van der Waals surface area contributed by atoms with Gasteiger partial charge in [-0.05, 0) is 40.3 Å². The molecule has 4 nitrogen and oxygen atoms in total. The molecule has 0 atom stereocenters. The molecule has 0 aliphatic rings. The fourth-order valence-electron chi connectivity index (χ4n) is 2.12. The van der Waals surface area contributed by atoms with Gasteiger partial charge in [-0.1, -0.05) is 12.1 Å². The Morgan fingerprint density at radius 3 is 2.15 bits per heavy atom. The van der Waals surface area contributed by atoms with E-state index in [0.717, 1.165) is 18.8 Å². The van der Waals surface area contributed by atoms with Crippen LogP contribution in [-0.4, -0.2) is 64.0 Å². The first-order valence-corrected chi connectivity index (χ1v) is 6.41. The van der Waals surface area contributed by atoms with Crippen LogP contribution in [0, 0.1) is 5.92 Å².